The Morgan fingerprint density at radius 3 is 1.10 bits per heavy atom. The van der Waals surface area contributed by atoms with E-state index in [9.17, 15) is 4.79 Å². The second-order valence-electron chi connectivity index (χ2n) is 25.2. The molecule has 0 saturated carbocycles. The Balaban J connectivity index is 3.12. The first-order chi connectivity index (χ1) is 38.4. The van der Waals surface area contributed by atoms with E-state index >= 15 is 0 Å². The van der Waals surface area contributed by atoms with Crippen LogP contribution in [-0.2, 0) is 11.2 Å². The standard InChI is InChI=1S/C73H140N4O/c1-8-13-18-23-27-30-33-36-37-39-42-45-48-52-57-70(71(73(78)77(7)65-56-50-26-21-16-11-4)67-74-62-53-49-46-43-40-38-34-31-28-24-19-14-9-2)66-68-58-60-69(61-59-68)72(75-63-54-22-17-12-5)76(6)64-55-51-47-44-41-35-32-29-25-20-15-10-3/h58-61,70-71,74H,8-57,62-67H2,1-7H3. The van der Waals surface area contributed by atoms with Gasteiger partial charge in [0.25, 0.3) is 0 Å². The number of carbonyl (C=O) groups excluding carboxylic acids is 1. The molecule has 0 aromatic heterocycles. The number of unbranched alkanes of at least 4 members (excludes halogenated alkanes) is 44. The van der Waals surface area contributed by atoms with Crippen LogP contribution >= 0.6 is 0 Å². The van der Waals surface area contributed by atoms with Gasteiger partial charge in [0.1, 0.15) is 5.84 Å². The predicted molar refractivity (Wildman–Crippen MR) is 351 cm³/mol. The van der Waals surface area contributed by atoms with Crippen LogP contribution in [0.5, 0.6) is 0 Å². The normalized spacial score (nSPS) is 12.7. The fraction of sp³-hybridized carbons (Fsp3) is 0.890. The van der Waals surface area contributed by atoms with Crippen LogP contribution in [0.3, 0.4) is 0 Å². The van der Waals surface area contributed by atoms with Crippen LogP contribution in [-0.4, -0.2) is 68.4 Å². The fourth-order valence-corrected chi connectivity index (χ4v) is 12.1. The molecule has 1 amide bonds. The van der Waals surface area contributed by atoms with Crippen LogP contribution in [0.25, 0.3) is 0 Å². The summed E-state index contributed by atoms with van der Waals surface area (Å²) in [6.45, 7) is 16.2. The van der Waals surface area contributed by atoms with Gasteiger partial charge in [-0.3, -0.25) is 9.79 Å². The van der Waals surface area contributed by atoms with Gasteiger partial charge < -0.3 is 15.1 Å². The largest absolute Gasteiger partial charge is 0.359 e. The minimum Gasteiger partial charge on any atom is -0.359 e. The lowest BCUT2D eigenvalue weighted by Gasteiger charge is -2.31. The maximum Gasteiger partial charge on any atom is 0.226 e. The van der Waals surface area contributed by atoms with E-state index < -0.39 is 0 Å². The van der Waals surface area contributed by atoms with Gasteiger partial charge in [-0.05, 0) is 56.6 Å². The van der Waals surface area contributed by atoms with E-state index in [-0.39, 0.29) is 5.92 Å². The van der Waals surface area contributed by atoms with Gasteiger partial charge in [0.05, 0.1) is 5.92 Å². The highest BCUT2D eigenvalue weighted by atomic mass is 16.2. The van der Waals surface area contributed by atoms with Gasteiger partial charge in [-0.1, -0.05) is 348 Å². The maximum absolute atomic E-state index is 14.8. The molecule has 5 nitrogen and oxygen atoms in total. The van der Waals surface area contributed by atoms with E-state index in [1.165, 1.54) is 325 Å². The SMILES string of the molecule is CCCCCCCCCCCCCCCCC(Cc1ccc(C(=NCCCCCC)N(C)CCCCCCCCCCCCCC)cc1)C(CNCCCCCCCCCCCCCCC)C(=O)N(C)CCCCCCCC. The second-order valence-corrected chi connectivity index (χ2v) is 25.2. The van der Waals surface area contributed by atoms with Crippen molar-refractivity contribution >= 4 is 11.7 Å². The third kappa shape index (κ3) is 44.7. The lowest BCUT2D eigenvalue weighted by molar-refractivity contribution is -0.136. The molecular weight excluding hydrogens is 949 g/mol. The van der Waals surface area contributed by atoms with Crippen LogP contribution < -0.4 is 5.32 Å². The molecule has 5 heteroatoms. The molecule has 2 atom stereocenters. The minimum atomic E-state index is 0.000593. The van der Waals surface area contributed by atoms with Crippen molar-refractivity contribution in [3.63, 3.8) is 0 Å². The summed E-state index contributed by atoms with van der Waals surface area (Å²) in [7, 11) is 4.40. The quantitative estimate of drug-likeness (QED) is 0.0402. The summed E-state index contributed by atoms with van der Waals surface area (Å²) in [5.74, 6) is 1.87. The van der Waals surface area contributed by atoms with Crippen molar-refractivity contribution in [3.05, 3.63) is 35.4 Å². The zero-order valence-electron chi connectivity index (χ0n) is 54.3. The number of benzene rings is 1. The molecule has 0 radical (unpaired) electrons. The summed E-state index contributed by atoms with van der Waals surface area (Å²) in [4.78, 5) is 24.8. The Morgan fingerprint density at radius 2 is 0.718 bits per heavy atom. The van der Waals surface area contributed by atoms with Crippen molar-refractivity contribution in [1.29, 1.82) is 0 Å². The number of hydrogen-bond donors (Lipinski definition) is 1. The summed E-state index contributed by atoms with van der Waals surface area (Å²) >= 11 is 0. The number of carbonyl (C=O) groups is 1. The van der Waals surface area contributed by atoms with Crippen LogP contribution in [0.15, 0.2) is 29.3 Å². The van der Waals surface area contributed by atoms with E-state index in [4.69, 9.17) is 4.99 Å². The van der Waals surface area contributed by atoms with Crippen LogP contribution in [0.2, 0.25) is 0 Å². The van der Waals surface area contributed by atoms with Gasteiger partial charge in [-0.15, -0.1) is 0 Å². The third-order valence-corrected chi connectivity index (χ3v) is 17.6. The Labute approximate surface area is 490 Å². The fourth-order valence-electron chi connectivity index (χ4n) is 12.1. The molecule has 2 unspecified atom stereocenters. The van der Waals surface area contributed by atoms with Crippen molar-refractivity contribution in [2.75, 3.05) is 46.8 Å². The average molecular weight is 1090 g/mol. The number of amidine groups is 1. The summed E-state index contributed by atoms with van der Waals surface area (Å²) in [5, 5.41) is 3.91. The van der Waals surface area contributed by atoms with Gasteiger partial charge >= 0.3 is 0 Å². The number of nitrogens with zero attached hydrogens (tertiary/aromatic N) is 3. The minimum absolute atomic E-state index is 0.000593. The molecule has 0 saturated heterocycles. The van der Waals surface area contributed by atoms with Gasteiger partial charge in [0, 0.05) is 45.8 Å². The monoisotopic (exact) mass is 1090 g/mol. The lowest BCUT2D eigenvalue weighted by Crippen LogP contribution is -2.43. The topological polar surface area (TPSA) is 47.9 Å². The van der Waals surface area contributed by atoms with Crippen molar-refractivity contribution in [2.24, 2.45) is 16.8 Å². The molecule has 0 spiro atoms. The second kappa shape index (κ2) is 58.3. The van der Waals surface area contributed by atoms with E-state index in [0.29, 0.717) is 11.8 Å². The van der Waals surface area contributed by atoms with Gasteiger partial charge in [0.15, 0.2) is 0 Å². The summed E-state index contributed by atoms with van der Waals surface area (Å²) in [6, 6.07) is 9.55. The molecule has 0 aliphatic carbocycles. The van der Waals surface area contributed by atoms with E-state index in [1.807, 2.05) is 0 Å². The molecule has 0 heterocycles. The molecule has 0 fully saturated rings. The Hall–Kier alpha value is -1.88. The third-order valence-electron chi connectivity index (χ3n) is 17.6. The molecule has 0 bridgehead atoms. The Morgan fingerprint density at radius 1 is 0.397 bits per heavy atom. The number of hydrogen-bond acceptors (Lipinski definition) is 3. The number of amides is 1. The first kappa shape index (κ1) is 74.1. The highest BCUT2D eigenvalue weighted by Gasteiger charge is 2.30. The summed E-state index contributed by atoms with van der Waals surface area (Å²) in [6.07, 6.45) is 68.5. The van der Waals surface area contributed by atoms with Crippen molar-refractivity contribution in [3.8, 4) is 0 Å². The number of nitrogens with one attached hydrogen (secondary N) is 1. The van der Waals surface area contributed by atoms with Crippen LogP contribution in [0.1, 0.15) is 367 Å². The highest BCUT2D eigenvalue weighted by Crippen LogP contribution is 2.28. The molecule has 1 aromatic rings. The Bertz CT molecular complexity index is 1390. The van der Waals surface area contributed by atoms with Crippen LogP contribution in [0, 0.1) is 11.8 Å². The molecule has 1 rings (SSSR count). The van der Waals surface area contributed by atoms with E-state index in [2.05, 4.69) is 88.1 Å². The summed E-state index contributed by atoms with van der Waals surface area (Å²) < 4.78 is 0. The predicted octanol–water partition coefficient (Wildman–Crippen LogP) is 22.8. The Kier molecular flexibility index (Phi) is 55.4. The zero-order chi connectivity index (χ0) is 56.5. The molecular formula is C73H140N4O. The van der Waals surface area contributed by atoms with Crippen molar-refractivity contribution < 1.29 is 4.79 Å². The first-order valence-corrected chi connectivity index (χ1v) is 35.7. The maximum atomic E-state index is 14.8. The van der Waals surface area contributed by atoms with Gasteiger partial charge in [-0.2, -0.15) is 0 Å². The first-order valence-electron chi connectivity index (χ1n) is 35.7. The average Bonchev–Trinajstić information content (AvgIpc) is 3.45. The molecule has 0 aliphatic heterocycles. The van der Waals surface area contributed by atoms with Crippen molar-refractivity contribution in [1.82, 2.24) is 15.1 Å². The molecule has 78 heavy (non-hydrogen) atoms. The van der Waals surface area contributed by atoms with Crippen molar-refractivity contribution in [2.45, 2.75) is 362 Å². The molecule has 1 aromatic carbocycles. The van der Waals surface area contributed by atoms with E-state index in [0.717, 1.165) is 52.0 Å². The molecule has 458 valence electrons. The van der Waals surface area contributed by atoms with E-state index in [1.54, 1.807) is 0 Å². The summed E-state index contributed by atoms with van der Waals surface area (Å²) in [5.41, 5.74) is 2.64. The highest BCUT2D eigenvalue weighted by molar-refractivity contribution is 5.98. The van der Waals surface area contributed by atoms with Gasteiger partial charge in [-0.25, -0.2) is 0 Å². The lowest BCUT2D eigenvalue weighted by atomic mass is 9.81. The number of aliphatic imine (C=N–C) groups is 1. The van der Waals surface area contributed by atoms with Gasteiger partial charge in [0.2, 0.25) is 5.91 Å². The molecule has 0 aliphatic rings. The van der Waals surface area contributed by atoms with Crippen LogP contribution in [0.4, 0.5) is 0 Å². The zero-order valence-corrected chi connectivity index (χ0v) is 54.3. The number of rotatable bonds is 61. The molecule has 1 N–H and O–H groups in total. The smallest absolute Gasteiger partial charge is 0.226 e.